The molecular weight excluding hydrogens is 448 g/mol. The first-order valence-corrected chi connectivity index (χ1v) is 15.0. The molecule has 4 nitrogen and oxygen atoms in total. The second-order valence-corrected chi connectivity index (χ2v) is 9.91. The topological polar surface area (TPSA) is 63.6 Å². The summed E-state index contributed by atoms with van der Waals surface area (Å²) in [6.07, 6.45) is 34.3. The zero-order valence-electron chi connectivity index (χ0n) is 23.6. The molecule has 0 spiro atoms. The van der Waals surface area contributed by atoms with Gasteiger partial charge in [0.15, 0.2) is 0 Å². The van der Waals surface area contributed by atoms with Crippen LogP contribution in [0.2, 0.25) is 0 Å². The van der Waals surface area contributed by atoms with E-state index in [1.165, 1.54) is 51.4 Å². The van der Waals surface area contributed by atoms with Gasteiger partial charge in [-0.2, -0.15) is 0 Å². The summed E-state index contributed by atoms with van der Waals surface area (Å²) in [7, 11) is 0. The first-order valence-electron chi connectivity index (χ1n) is 15.0. The highest BCUT2D eigenvalue weighted by Crippen LogP contribution is 2.17. The Bertz CT molecular complexity index is 591. The van der Waals surface area contributed by atoms with Crippen LogP contribution in [-0.4, -0.2) is 23.1 Å². The molecule has 0 aromatic heterocycles. The molecule has 0 bridgehead atoms. The number of carboxylic acid groups (broad SMARTS) is 1. The fourth-order valence-corrected chi connectivity index (χ4v) is 4.21. The number of aliphatic carboxylic acids is 1. The molecule has 36 heavy (non-hydrogen) atoms. The van der Waals surface area contributed by atoms with E-state index in [1.807, 2.05) is 0 Å². The van der Waals surface area contributed by atoms with E-state index in [0.717, 1.165) is 57.8 Å². The summed E-state index contributed by atoms with van der Waals surface area (Å²) in [6, 6.07) is 0. The average Bonchev–Trinajstić information content (AvgIpc) is 2.85. The normalized spacial score (nSPS) is 12.7. The van der Waals surface area contributed by atoms with Crippen molar-refractivity contribution in [1.29, 1.82) is 0 Å². The van der Waals surface area contributed by atoms with Crippen LogP contribution in [-0.2, 0) is 14.3 Å². The van der Waals surface area contributed by atoms with Crippen LogP contribution in [0.15, 0.2) is 36.5 Å². The van der Waals surface area contributed by atoms with Crippen molar-refractivity contribution in [2.75, 3.05) is 0 Å². The highest BCUT2D eigenvalue weighted by molar-refractivity contribution is 5.69. The van der Waals surface area contributed by atoms with Crippen LogP contribution in [0.25, 0.3) is 0 Å². The molecule has 0 aromatic carbocycles. The lowest BCUT2D eigenvalue weighted by Crippen LogP contribution is -2.18. The molecular formula is C32H56O4. The highest BCUT2D eigenvalue weighted by atomic mass is 16.5. The number of unbranched alkanes of at least 4 members (excludes halogenated alkanes) is 11. The van der Waals surface area contributed by atoms with Gasteiger partial charge in [0.1, 0.15) is 6.10 Å². The largest absolute Gasteiger partial charge is 0.481 e. The lowest BCUT2D eigenvalue weighted by Gasteiger charge is -2.18. The second kappa shape index (κ2) is 27.7. The van der Waals surface area contributed by atoms with E-state index in [1.54, 1.807) is 0 Å². The molecule has 0 heterocycles. The third-order valence-corrected chi connectivity index (χ3v) is 6.38. The van der Waals surface area contributed by atoms with Gasteiger partial charge in [0.05, 0.1) is 0 Å². The Morgan fingerprint density at radius 3 is 1.86 bits per heavy atom. The summed E-state index contributed by atoms with van der Waals surface area (Å²) in [4.78, 5) is 23.2. The monoisotopic (exact) mass is 504 g/mol. The molecule has 1 unspecified atom stereocenters. The van der Waals surface area contributed by atoms with Crippen LogP contribution >= 0.6 is 0 Å². The van der Waals surface area contributed by atoms with Gasteiger partial charge in [0, 0.05) is 12.8 Å². The van der Waals surface area contributed by atoms with Crippen molar-refractivity contribution in [2.24, 2.45) is 0 Å². The van der Waals surface area contributed by atoms with Crippen LogP contribution in [0.3, 0.4) is 0 Å². The van der Waals surface area contributed by atoms with Crippen LogP contribution < -0.4 is 0 Å². The molecule has 0 amide bonds. The molecule has 1 N–H and O–H groups in total. The molecule has 0 radical (unpaired) electrons. The summed E-state index contributed by atoms with van der Waals surface area (Å²) < 4.78 is 5.75. The van der Waals surface area contributed by atoms with Gasteiger partial charge in [-0.05, 0) is 64.2 Å². The zero-order valence-corrected chi connectivity index (χ0v) is 23.6. The van der Waals surface area contributed by atoms with Gasteiger partial charge < -0.3 is 9.84 Å². The Kier molecular flexibility index (Phi) is 26.3. The predicted octanol–water partition coefficient (Wildman–Crippen LogP) is 9.88. The summed E-state index contributed by atoms with van der Waals surface area (Å²) in [6.45, 7) is 4.38. The quantitative estimate of drug-likeness (QED) is 0.0723. The van der Waals surface area contributed by atoms with Gasteiger partial charge in [-0.25, -0.2) is 0 Å². The molecule has 0 saturated carbocycles. The van der Waals surface area contributed by atoms with Crippen molar-refractivity contribution in [1.82, 2.24) is 0 Å². The van der Waals surface area contributed by atoms with Crippen LogP contribution in [0.1, 0.15) is 149 Å². The molecule has 4 heteroatoms. The number of rotatable bonds is 26. The number of hydrogen-bond donors (Lipinski definition) is 1. The maximum absolute atomic E-state index is 12.3. The molecule has 0 fully saturated rings. The van der Waals surface area contributed by atoms with Gasteiger partial charge in [-0.3, -0.25) is 9.59 Å². The maximum Gasteiger partial charge on any atom is 0.306 e. The lowest BCUT2D eigenvalue weighted by atomic mass is 10.0. The van der Waals surface area contributed by atoms with E-state index in [2.05, 4.69) is 50.3 Å². The Balaban J connectivity index is 3.88. The van der Waals surface area contributed by atoms with Crippen LogP contribution in [0.5, 0.6) is 0 Å². The molecule has 1 atom stereocenters. The van der Waals surface area contributed by atoms with Crippen molar-refractivity contribution in [3.63, 3.8) is 0 Å². The first kappa shape index (κ1) is 34.2. The van der Waals surface area contributed by atoms with Crippen molar-refractivity contribution in [3.05, 3.63) is 36.5 Å². The number of esters is 1. The molecule has 0 aliphatic rings. The van der Waals surface area contributed by atoms with Crippen molar-refractivity contribution < 1.29 is 19.4 Å². The molecule has 208 valence electrons. The number of carboxylic acids is 1. The van der Waals surface area contributed by atoms with E-state index in [4.69, 9.17) is 9.84 Å². The Hall–Kier alpha value is -1.84. The van der Waals surface area contributed by atoms with Crippen molar-refractivity contribution in [3.8, 4) is 0 Å². The molecule has 0 rings (SSSR count). The molecule has 0 aromatic rings. The smallest absolute Gasteiger partial charge is 0.306 e. The second-order valence-electron chi connectivity index (χ2n) is 9.91. The van der Waals surface area contributed by atoms with Gasteiger partial charge in [-0.1, -0.05) is 108 Å². The van der Waals surface area contributed by atoms with Crippen LogP contribution in [0.4, 0.5) is 0 Å². The van der Waals surface area contributed by atoms with E-state index in [-0.39, 0.29) is 18.5 Å². The minimum atomic E-state index is -0.779. The first-order chi connectivity index (χ1) is 17.6. The van der Waals surface area contributed by atoms with Gasteiger partial charge >= 0.3 is 11.9 Å². The van der Waals surface area contributed by atoms with Gasteiger partial charge in [-0.15, -0.1) is 0 Å². The minimum absolute atomic E-state index is 0.112. The fourth-order valence-electron chi connectivity index (χ4n) is 4.21. The number of hydrogen-bond acceptors (Lipinski definition) is 3. The SMILES string of the molecule is CC/C=C\C/C=C\C/C=C\CCCCCCCC(=O)OC(CCCCCCCCC)CCCC(=O)O. The van der Waals surface area contributed by atoms with Crippen molar-refractivity contribution >= 4 is 11.9 Å². The van der Waals surface area contributed by atoms with Gasteiger partial charge in [0.25, 0.3) is 0 Å². The lowest BCUT2D eigenvalue weighted by molar-refractivity contribution is -0.150. The number of carbonyl (C=O) groups is 2. The van der Waals surface area contributed by atoms with E-state index in [9.17, 15) is 9.59 Å². The summed E-state index contributed by atoms with van der Waals surface area (Å²) >= 11 is 0. The molecule has 0 aliphatic carbocycles. The maximum atomic E-state index is 12.3. The predicted molar refractivity (Wildman–Crippen MR) is 153 cm³/mol. The molecule has 0 saturated heterocycles. The minimum Gasteiger partial charge on any atom is -0.481 e. The standard InChI is InChI=1S/C32H56O4/c1-3-5-7-9-11-12-13-14-15-16-17-18-20-22-24-29-32(35)36-30(27-25-28-31(33)34)26-23-21-19-10-8-6-4-2/h5,7,11-12,14-15,30H,3-4,6,8-10,13,16-29H2,1-2H3,(H,33,34)/b7-5-,12-11-,15-14-. The van der Waals surface area contributed by atoms with Gasteiger partial charge in [0.2, 0.25) is 0 Å². The number of ether oxygens (including phenoxy) is 1. The zero-order chi connectivity index (χ0) is 26.5. The third-order valence-electron chi connectivity index (χ3n) is 6.38. The Labute approximate surface area is 222 Å². The summed E-state index contributed by atoms with van der Waals surface area (Å²) in [5.74, 6) is -0.891. The Morgan fingerprint density at radius 1 is 0.639 bits per heavy atom. The third kappa shape index (κ3) is 26.8. The van der Waals surface area contributed by atoms with E-state index in [0.29, 0.717) is 19.3 Å². The number of carbonyl (C=O) groups excluding carboxylic acids is 1. The molecule has 0 aliphatic heterocycles. The van der Waals surface area contributed by atoms with E-state index >= 15 is 0 Å². The van der Waals surface area contributed by atoms with E-state index < -0.39 is 5.97 Å². The van der Waals surface area contributed by atoms with Crippen LogP contribution in [0, 0.1) is 0 Å². The highest BCUT2D eigenvalue weighted by Gasteiger charge is 2.15. The Morgan fingerprint density at radius 2 is 1.19 bits per heavy atom. The number of allylic oxidation sites excluding steroid dienone is 6. The van der Waals surface area contributed by atoms with Crippen molar-refractivity contribution in [2.45, 2.75) is 155 Å². The average molecular weight is 505 g/mol. The fraction of sp³-hybridized carbons (Fsp3) is 0.750. The summed E-state index contributed by atoms with van der Waals surface area (Å²) in [5, 5.41) is 8.91. The summed E-state index contributed by atoms with van der Waals surface area (Å²) in [5.41, 5.74) is 0.